The predicted octanol–water partition coefficient (Wildman–Crippen LogP) is 2.61. The van der Waals surface area contributed by atoms with Crippen LogP contribution in [-0.4, -0.2) is 27.6 Å². The largest absolute Gasteiger partial charge is 0.354 e. The van der Waals surface area contributed by atoms with Gasteiger partial charge in [-0.2, -0.15) is 0 Å². The molecule has 3 rings (SSSR count). The van der Waals surface area contributed by atoms with E-state index in [0.29, 0.717) is 5.92 Å². The van der Waals surface area contributed by atoms with E-state index in [0.717, 1.165) is 36.8 Å². The summed E-state index contributed by atoms with van der Waals surface area (Å²) in [6.07, 6.45) is 3.31. The molecule has 0 amide bonds. The molecule has 0 aromatic carbocycles. The van der Waals surface area contributed by atoms with Gasteiger partial charge in [-0.25, -0.2) is 9.97 Å². The molecule has 0 unspecified atom stereocenters. The molecule has 4 heteroatoms. The summed E-state index contributed by atoms with van der Waals surface area (Å²) in [4.78, 5) is 11.7. The zero-order valence-electron chi connectivity index (χ0n) is 11.3. The van der Waals surface area contributed by atoms with Crippen molar-refractivity contribution in [3.05, 3.63) is 18.1 Å². The summed E-state index contributed by atoms with van der Waals surface area (Å²) in [7, 11) is 0. The van der Waals surface area contributed by atoms with Crippen molar-refractivity contribution in [3.8, 4) is 0 Å². The van der Waals surface area contributed by atoms with Gasteiger partial charge < -0.3 is 9.47 Å². The van der Waals surface area contributed by atoms with E-state index in [-0.39, 0.29) is 0 Å². The van der Waals surface area contributed by atoms with Crippen molar-refractivity contribution in [1.82, 2.24) is 14.5 Å². The number of nitrogens with zero attached hydrogens (tertiary/aromatic N) is 4. The lowest BCUT2D eigenvalue weighted by atomic mass is 10.2. The summed E-state index contributed by atoms with van der Waals surface area (Å²) in [5, 5.41) is 0. The third kappa shape index (κ3) is 1.85. The lowest BCUT2D eigenvalue weighted by Crippen LogP contribution is -2.29. The van der Waals surface area contributed by atoms with E-state index in [2.05, 4.69) is 40.6 Å². The van der Waals surface area contributed by atoms with Crippen molar-refractivity contribution in [3.63, 3.8) is 0 Å². The maximum absolute atomic E-state index is 4.69. The third-order valence-corrected chi connectivity index (χ3v) is 3.42. The van der Waals surface area contributed by atoms with Crippen LogP contribution in [0.3, 0.4) is 0 Å². The second-order valence-electron chi connectivity index (χ2n) is 5.53. The van der Waals surface area contributed by atoms with Crippen LogP contribution in [0.15, 0.2) is 12.3 Å². The fourth-order valence-corrected chi connectivity index (χ4v) is 2.76. The monoisotopic (exact) mass is 244 g/mol. The minimum atomic E-state index is 0.650. The van der Waals surface area contributed by atoms with Crippen molar-refractivity contribution in [2.24, 2.45) is 5.92 Å². The Morgan fingerprint density at radius 1 is 1.28 bits per heavy atom. The second kappa shape index (κ2) is 4.26. The first-order valence-corrected chi connectivity index (χ1v) is 6.73. The second-order valence-corrected chi connectivity index (χ2v) is 5.53. The SMILES string of the molecule is Cc1nc2c3c(ccn3CCCN2CC(C)C)n1. The molecule has 3 heterocycles. The van der Waals surface area contributed by atoms with Crippen molar-refractivity contribution >= 4 is 16.9 Å². The van der Waals surface area contributed by atoms with E-state index in [1.165, 1.54) is 11.9 Å². The highest BCUT2D eigenvalue weighted by Crippen LogP contribution is 2.28. The molecule has 0 aliphatic carbocycles. The Balaban J connectivity index is 2.17. The predicted molar refractivity (Wildman–Crippen MR) is 73.9 cm³/mol. The van der Waals surface area contributed by atoms with Crippen LogP contribution < -0.4 is 4.90 Å². The molecule has 1 aliphatic rings. The van der Waals surface area contributed by atoms with Crippen LogP contribution in [0.5, 0.6) is 0 Å². The van der Waals surface area contributed by atoms with Gasteiger partial charge in [-0.05, 0) is 25.3 Å². The Hall–Kier alpha value is -1.58. The molecule has 1 aliphatic heterocycles. The van der Waals surface area contributed by atoms with Crippen LogP contribution in [0.4, 0.5) is 5.82 Å². The highest BCUT2D eigenvalue weighted by atomic mass is 15.2. The van der Waals surface area contributed by atoms with E-state index >= 15 is 0 Å². The van der Waals surface area contributed by atoms with Crippen molar-refractivity contribution in [2.45, 2.75) is 33.7 Å². The first-order valence-electron chi connectivity index (χ1n) is 6.73. The number of anilines is 1. The number of hydrogen-bond acceptors (Lipinski definition) is 3. The zero-order valence-corrected chi connectivity index (χ0v) is 11.3. The third-order valence-electron chi connectivity index (χ3n) is 3.42. The summed E-state index contributed by atoms with van der Waals surface area (Å²) in [5.74, 6) is 2.64. The Labute approximate surface area is 108 Å². The molecule has 0 bridgehead atoms. The number of aromatic nitrogens is 3. The minimum absolute atomic E-state index is 0.650. The molecule has 18 heavy (non-hydrogen) atoms. The maximum atomic E-state index is 4.69. The molecule has 0 radical (unpaired) electrons. The standard InChI is InChI=1S/C14H20N4/c1-10(2)9-18-7-4-6-17-8-5-12-13(17)14(18)16-11(3)15-12/h5,8,10H,4,6-7,9H2,1-3H3. The molecular weight excluding hydrogens is 224 g/mol. The molecular formula is C14H20N4. The van der Waals surface area contributed by atoms with Crippen molar-refractivity contribution < 1.29 is 0 Å². The van der Waals surface area contributed by atoms with Crippen LogP contribution in [0.2, 0.25) is 0 Å². The zero-order chi connectivity index (χ0) is 12.7. The van der Waals surface area contributed by atoms with Gasteiger partial charge in [0.1, 0.15) is 11.3 Å². The molecule has 0 atom stereocenters. The molecule has 2 aromatic heterocycles. The number of aryl methyl sites for hydroxylation is 2. The minimum Gasteiger partial charge on any atom is -0.354 e. The Morgan fingerprint density at radius 2 is 2.11 bits per heavy atom. The molecule has 0 N–H and O–H groups in total. The fourth-order valence-electron chi connectivity index (χ4n) is 2.76. The van der Waals surface area contributed by atoms with Gasteiger partial charge in [0.2, 0.25) is 0 Å². The molecule has 0 spiro atoms. The first kappa shape index (κ1) is 11.5. The van der Waals surface area contributed by atoms with Crippen molar-refractivity contribution in [2.75, 3.05) is 18.0 Å². The average molecular weight is 244 g/mol. The lowest BCUT2D eigenvalue weighted by Gasteiger charge is -2.24. The van der Waals surface area contributed by atoms with Gasteiger partial charge in [0, 0.05) is 25.8 Å². The number of rotatable bonds is 2. The summed E-state index contributed by atoms with van der Waals surface area (Å²) < 4.78 is 2.30. The normalized spacial score (nSPS) is 15.4. The van der Waals surface area contributed by atoms with E-state index in [1.54, 1.807) is 0 Å². The summed E-state index contributed by atoms with van der Waals surface area (Å²) >= 11 is 0. The van der Waals surface area contributed by atoms with Gasteiger partial charge >= 0.3 is 0 Å². The number of hydrogen-bond donors (Lipinski definition) is 0. The van der Waals surface area contributed by atoms with E-state index in [4.69, 9.17) is 4.98 Å². The van der Waals surface area contributed by atoms with E-state index < -0.39 is 0 Å². The highest BCUT2D eigenvalue weighted by molar-refractivity contribution is 5.87. The molecule has 2 aromatic rings. The molecule has 0 saturated carbocycles. The lowest BCUT2D eigenvalue weighted by molar-refractivity contribution is 0.585. The average Bonchev–Trinajstić information content (AvgIpc) is 2.61. The van der Waals surface area contributed by atoms with Crippen molar-refractivity contribution in [1.29, 1.82) is 0 Å². The Kier molecular flexibility index (Phi) is 2.73. The van der Waals surface area contributed by atoms with Crippen LogP contribution >= 0.6 is 0 Å². The maximum Gasteiger partial charge on any atom is 0.156 e. The van der Waals surface area contributed by atoms with Gasteiger partial charge in [-0.1, -0.05) is 13.8 Å². The Bertz CT molecular complexity index is 570. The highest BCUT2D eigenvalue weighted by Gasteiger charge is 2.20. The Morgan fingerprint density at radius 3 is 2.89 bits per heavy atom. The fraction of sp³-hybridized carbons (Fsp3) is 0.571. The summed E-state index contributed by atoms with van der Waals surface area (Å²) in [5.41, 5.74) is 2.28. The van der Waals surface area contributed by atoms with Crippen LogP contribution in [0.1, 0.15) is 26.1 Å². The van der Waals surface area contributed by atoms with Gasteiger partial charge in [-0.3, -0.25) is 0 Å². The van der Waals surface area contributed by atoms with Crippen LogP contribution in [-0.2, 0) is 6.54 Å². The summed E-state index contributed by atoms with van der Waals surface area (Å²) in [6.45, 7) is 9.72. The van der Waals surface area contributed by atoms with Crippen LogP contribution in [0, 0.1) is 12.8 Å². The van der Waals surface area contributed by atoms with Gasteiger partial charge in [0.15, 0.2) is 5.82 Å². The smallest absolute Gasteiger partial charge is 0.156 e. The van der Waals surface area contributed by atoms with E-state index in [1.807, 2.05) is 6.92 Å². The van der Waals surface area contributed by atoms with E-state index in [9.17, 15) is 0 Å². The molecule has 0 fully saturated rings. The molecule has 4 nitrogen and oxygen atoms in total. The van der Waals surface area contributed by atoms with Gasteiger partial charge in [0.05, 0.1) is 5.52 Å². The topological polar surface area (TPSA) is 34.0 Å². The quantitative estimate of drug-likeness (QED) is 0.814. The van der Waals surface area contributed by atoms with Gasteiger partial charge in [0.25, 0.3) is 0 Å². The van der Waals surface area contributed by atoms with Crippen LogP contribution in [0.25, 0.3) is 11.0 Å². The molecule has 0 saturated heterocycles. The molecule has 96 valence electrons. The van der Waals surface area contributed by atoms with Gasteiger partial charge in [-0.15, -0.1) is 0 Å². The summed E-state index contributed by atoms with van der Waals surface area (Å²) in [6, 6.07) is 2.10. The first-order chi connectivity index (χ1) is 8.65.